The SMILES string of the molecule is COc1ccsc1C(=O)N1CCCCC1CCN.Cl. The van der Waals surface area contributed by atoms with Gasteiger partial charge in [-0.15, -0.1) is 23.7 Å². The van der Waals surface area contributed by atoms with Gasteiger partial charge >= 0.3 is 0 Å². The van der Waals surface area contributed by atoms with Crippen molar-refractivity contribution in [1.82, 2.24) is 4.90 Å². The van der Waals surface area contributed by atoms with Crippen molar-refractivity contribution in [1.29, 1.82) is 0 Å². The van der Waals surface area contributed by atoms with Crippen LogP contribution in [-0.2, 0) is 0 Å². The molecule has 1 aromatic heterocycles. The molecule has 108 valence electrons. The minimum absolute atomic E-state index is 0. The molecule has 1 aromatic rings. The van der Waals surface area contributed by atoms with Crippen LogP contribution < -0.4 is 10.5 Å². The number of nitrogens with zero attached hydrogens (tertiary/aromatic N) is 1. The van der Waals surface area contributed by atoms with Gasteiger partial charge in [0.1, 0.15) is 10.6 Å². The number of ether oxygens (including phenoxy) is 1. The second-order valence-electron chi connectivity index (χ2n) is 4.54. The van der Waals surface area contributed by atoms with Crippen LogP contribution in [0.25, 0.3) is 0 Å². The zero-order valence-electron chi connectivity index (χ0n) is 11.1. The molecule has 1 aliphatic heterocycles. The maximum Gasteiger partial charge on any atom is 0.267 e. The number of likely N-dealkylation sites (tertiary alicyclic amines) is 1. The summed E-state index contributed by atoms with van der Waals surface area (Å²) in [5, 5.41) is 1.90. The van der Waals surface area contributed by atoms with Crippen molar-refractivity contribution in [3.63, 3.8) is 0 Å². The molecule has 0 spiro atoms. The molecular weight excluding hydrogens is 284 g/mol. The third-order valence-corrected chi connectivity index (χ3v) is 4.31. The molecule has 0 bridgehead atoms. The number of nitrogens with two attached hydrogens (primary N) is 1. The van der Waals surface area contributed by atoms with E-state index in [1.54, 1.807) is 7.11 Å². The Kier molecular flexibility index (Phi) is 6.62. The Morgan fingerprint density at radius 1 is 1.58 bits per heavy atom. The molecular formula is C13H21ClN2O2S. The molecule has 2 heterocycles. The van der Waals surface area contributed by atoms with E-state index in [0.29, 0.717) is 23.2 Å². The van der Waals surface area contributed by atoms with E-state index in [1.165, 1.54) is 17.8 Å². The number of thiophene rings is 1. The summed E-state index contributed by atoms with van der Waals surface area (Å²) in [6.07, 6.45) is 4.23. The van der Waals surface area contributed by atoms with E-state index in [9.17, 15) is 4.79 Å². The summed E-state index contributed by atoms with van der Waals surface area (Å²) in [7, 11) is 1.60. The van der Waals surface area contributed by atoms with Gasteiger partial charge in [-0.2, -0.15) is 0 Å². The number of carbonyl (C=O) groups excluding carboxylic acids is 1. The molecule has 0 saturated carbocycles. The van der Waals surface area contributed by atoms with Crippen molar-refractivity contribution < 1.29 is 9.53 Å². The fourth-order valence-corrected chi connectivity index (χ4v) is 3.32. The van der Waals surface area contributed by atoms with E-state index in [-0.39, 0.29) is 18.3 Å². The Balaban J connectivity index is 0.00000180. The number of hydrogen-bond acceptors (Lipinski definition) is 4. The minimum Gasteiger partial charge on any atom is -0.495 e. The monoisotopic (exact) mass is 304 g/mol. The van der Waals surface area contributed by atoms with Gasteiger partial charge in [0, 0.05) is 12.6 Å². The van der Waals surface area contributed by atoms with Crippen LogP contribution >= 0.6 is 23.7 Å². The van der Waals surface area contributed by atoms with Crippen molar-refractivity contribution in [3.05, 3.63) is 16.3 Å². The van der Waals surface area contributed by atoms with Crippen LogP contribution in [0.4, 0.5) is 0 Å². The number of carbonyl (C=O) groups is 1. The summed E-state index contributed by atoms with van der Waals surface area (Å²) < 4.78 is 5.23. The van der Waals surface area contributed by atoms with Crippen LogP contribution in [0.1, 0.15) is 35.4 Å². The summed E-state index contributed by atoms with van der Waals surface area (Å²) in [5.74, 6) is 0.780. The Bertz CT molecular complexity index is 409. The second kappa shape index (κ2) is 7.72. The first-order valence-electron chi connectivity index (χ1n) is 6.40. The topological polar surface area (TPSA) is 55.6 Å². The smallest absolute Gasteiger partial charge is 0.267 e. The molecule has 1 unspecified atom stereocenters. The van der Waals surface area contributed by atoms with Gasteiger partial charge in [0.25, 0.3) is 5.91 Å². The number of methoxy groups -OCH3 is 1. The van der Waals surface area contributed by atoms with Crippen LogP contribution in [0.2, 0.25) is 0 Å². The number of piperidine rings is 1. The zero-order chi connectivity index (χ0) is 13.0. The average molecular weight is 305 g/mol. The van der Waals surface area contributed by atoms with Gasteiger partial charge in [0.2, 0.25) is 0 Å². The molecule has 1 saturated heterocycles. The molecule has 1 fully saturated rings. The Labute approximate surface area is 124 Å². The van der Waals surface area contributed by atoms with Crippen LogP contribution in [0.15, 0.2) is 11.4 Å². The van der Waals surface area contributed by atoms with E-state index in [1.807, 2.05) is 16.3 Å². The first-order valence-corrected chi connectivity index (χ1v) is 7.28. The lowest BCUT2D eigenvalue weighted by molar-refractivity contribution is 0.0607. The number of hydrogen-bond donors (Lipinski definition) is 1. The molecule has 0 aliphatic carbocycles. The molecule has 0 aromatic carbocycles. The van der Waals surface area contributed by atoms with Crippen molar-refractivity contribution in [2.24, 2.45) is 5.73 Å². The Hall–Kier alpha value is -0.780. The molecule has 0 radical (unpaired) electrons. The predicted molar refractivity (Wildman–Crippen MR) is 80.5 cm³/mol. The predicted octanol–water partition coefficient (Wildman–Crippen LogP) is 2.52. The van der Waals surface area contributed by atoms with Gasteiger partial charge in [-0.3, -0.25) is 4.79 Å². The van der Waals surface area contributed by atoms with E-state index in [4.69, 9.17) is 10.5 Å². The van der Waals surface area contributed by atoms with Crippen LogP contribution in [0.3, 0.4) is 0 Å². The van der Waals surface area contributed by atoms with Crippen LogP contribution in [0.5, 0.6) is 5.75 Å². The standard InChI is InChI=1S/C13H20N2O2S.ClH/c1-17-11-6-9-18-12(11)13(16)15-8-3-2-4-10(15)5-7-14;/h6,9-10H,2-5,7-8,14H2,1H3;1H. The van der Waals surface area contributed by atoms with Gasteiger partial charge in [0.15, 0.2) is 0 Å². The highest BCUT2D eigenvalue weighted by molar-refractivity contribution is 7.12. The molecule has 2 rings (SSSR count). The fraction of sp³-hybridized carbons (Fsp3) is 0.615. The highest BCUT2D eigenvalue weighted by atomic mass is 35.5. The molecule has 2 N–H and O–H groups in total. The number of rotatable bonds is 4. The van der Waals surface area contributed by atoms with E-state index in [0.717, 1.165) is 25.8 Å². The van der Waals surface area contributed by atoms with E-state index in [2.05, 4.69) is 0 Å². The minimum atomic E-state index is 0. The average Bonchev–Trinajstić information content (AvgIpc) is 2.87. The highest BCUT2D eigenvalue weighted by Crippen LogP contribution is 2.29. The first kappa shape index (κ1) is 16.3. The third-order valence-electron chi connectivity index (χ3n) is 3.43. The lowest BCUT2D eigenvalue weighted by Gasteiger charge is -2.35. The number of amides is 1. The van der Waals surface area contributed by atoms with Crippen molar-refractivity contribution in [3.8, 4) is 5.75 Å². The number of halogens is 1. The first-order chi connectivity index (χ1) is 8.77. The molecule has 6 heteroatoms. The van der Waals surface area contributed by atoms with Crippen LogP contribution in [0, 0.1) is 0 Å². The fourth-order valence-electron chi connectivity index (χ4n) is 2.51. The largest absolute Gasteiger partial charge is 0.495 e. The zero-order valence-corrected chi connectivity index (χ0v) is 12.8. The maximum absolute atomic E-state index is 12.5. The molecule has 1 atom stereocenters. The van der Waals surface area contributed by atoms with Crippen LogP contribution in [-0.4, -0.2) is 37.0 Å². The van der Waals surface area contributed by atoms with Gasteiger partial charge in [-0.05, 0) is 43.7 Å². The second-order valence-corrected chi connectivity index (χ2v) is 5.46. The molecule has 1 amide bonds. The quantitative estimate of drug-likeness (QED) is 0.930. The van der Waals surface area contributed by atoms with E-state index < -0.39 is 0 Å². The van der Waals surface area contributed by atoms with Gasteiger partial charge < -0.3 is 15.4 Å². The molecule has 19 heavy (non-hydrogen) atoms. The maximum atomic E-state index is 12.5. The summed E-state index contributed by atoms with van der Waals surface area (Å²) in [6.45, 7) is 1.47. The lowest BCUT2D eigenvalue weighted by atomic mass is 9.99. The van der Waals surface area contributed by atoms with E-state index >= 15 is 0 Å². The van der Waals surface area contributed by atoms with Gasteiger partial charge in [-0.1, -0.05) is 0 Å². The summed E-state index contributed by atoms with van der Waals surface area (Å²) >= 11 is 1.45. The van der Waals surface area contributed by atoms with Crippen molar-refractivity contribution in [2.75, 3.05) is 20.2 Å². The Morgan fingerprint density at radius 2 is 2.37 bits per heavy atom. The summed E-state index contributed by atoms with van der Waals surface area (Å²) in [6, 6.07) is 2.14. The third kappa shape index (κ3) is 3.61. The summed E-state index contributed by atoms with van der Waals surface area (Å²) in [4.78, 5) is 15.2. The van der Waals surface area contributed by atoms with Crippen molar-refractivity contribution in [2.45, 2.75) is 31.7 Å². The molecule has 1 aliphatic rings. The van der Waals surface area contributed by atoms with Gasteiger partial charge in [0.05, 0.1) is 7.11 Å². The normalized spacial score (nSPS) is 18.8. The highest BCUT2D eigenvalue weighted by Gasteiger charge is 2.29. The van der Waals surface area contributed by atoms with Gasteiger partial charge in [-0.25, -0.2) is 0 Å². The van der Waals surface area contributed by atoms with Crippen molar-refractivity contribution >= 4 is 29.7 Å². The Morgan fingerprint density at radius 3 is 3.05 bits per heavy atom. The molecule has 4 nitrogen and oxygen atoms in total. The lowest BCUT2D eigenvalue weighted by Crippen LogP contribution is -2.44. The summed E-state index contributed by atoms with van der Waals surface area (Å²) in [5.41, 5.74) is 5.64.